The number of rotatable bonds is 10. The van der Waals surface area contributed by atoms with Crippen molar-refractivity contribution in [3.05, 3.63) is 59.5 Å². The summed E-state index contributed by atoms with van der Waals surface area (Å²) in [5, 5.41) is 2.82. The van der Waals surface area contributed by atoms with Crippen LogP contribution >= 0.6 is 0 Å². The highest BCUT2D eigenvalue weighted by atomic mass is 16.5. The molecule has 1 aromatic carbocycles. The van der Waals surface area contributed by atoms with Crippen molar-refractivity contribution in [2.75, 3.05) is 13.7 Å². The second-order valence-corrected chi connectivity index (χ2v) is 9.76. The highest BCUT2D eigenvalue weighted by Gasteiger charge is 2.45. The van der Waals surface area contributed by atoms with Crippen LogP contribution in [0.4, 0.5) is 0 Å². The van der Waals surface area contributed by atoms with E-state index in [0.717, 1.165) is 12.8 Å². The summed E-state index contributed by atoms with van der Waals surface area (Å²) in [5.74, 6) is -1.76. The van der Waals surface area contributed by atoms with Crippen molar-refractivity contribution in [2.24, 2.45) is 11.1 Å². The fraction of sp³-hybridized carbons (Fsp3) is 0.462. The number of amides is 3. The second kappa shape index (κ2) is 10.9. The molecule has 3 N–H and O–H groups in total. The summed E-state index contributed by atoms with van der Waals surface area (Å²) in [6.07, 6.45) is 2.06. The Morgan fingerprint density at radius 3 is 2.49 bits per heavy atom. The average Bonchev–Trinajstić information content (AvgIpc) is 3.42. The molecule has 2 heterocycles. The van der Waals surface area contributed by atoms with Crippen molar-refractivity contribution >= 4 is 23.5 Å². The number of likely N-dealkylation sites (N-methyl/N-ethyl adjacent to an activating group) is 1. The molecule has 0 aliphatic carbocycles. The number of Topliss-reactive ketones (excluding diaryl/α,β-unsaturated/α-hetero) is 1. The SMILES string of the molecule is Cc1occc1C(=O)N[C@@H](CC(C)(C)CCc1ccccc1)C(=O)N(C)C1C(=O)COC1C(N)=O. The first kappa shape index (κ1) is 26.2. The van der Waals surface area contributed by atoms with E-state index in [-0.39, 0.29) is 12.0 Å². The minimum atomic E-state index is -1.23. The number of nitrogens with one attached hydrogen (secondary N) is 1. The fourth-order valence-electron chi connectivity index (χ4n) is 4.40. The number of aryl methyl sites for hydroxylation is 2. The van der Waals surface area contributed by atoms with Gasteiger partial charge in [0.25, 0.3) is 5.91 Å². The third-order valence-corrected chi connectivity index (χ3v) is 6.46. The summed E-state index contributed by atoms with van der Waals surface area (Å²) in [6, 6.07) is 9.46. The standard InChI is InChI=1S/C26H33N3O6/c1-16-18(11-13-34-16)24(32)28-19(14-26(2,3)12-10-17-8-6-5-7-9-17)25(33)29(4)21-20(30)15-35-22(21)23(27)31/h5-9,11,13,19,21-22H,10,12,14-15H2,1-4H3,(H2,27,31)(H,28,32)/t19-,21?,22?/m0/s1. The maximum Gasteiger partial charge on any atom is 0.255 e. The van der Waals surface area contributed by atoms with Gasteiger partial charge in [0.15, 0.2) is 11.9 Å². The number of benzene rings is 1. The number of hydrogen-bond acceptors (Lipinski definition) is 6. The van der Waals surface area contributed by atoms with E-state index < -0.39 is 41.7 Å². The Labute approximate surface area is 205 Å². The molecule has 3 rings (SSSR count). The Bertz CT molecular complexity index is 1080. The van der Waals surface area contributed by atoms with Gasteiger partial charge in [-0.3, -0.25) is 19.2 Å². The summed E-state index contributed by atoms with van der Waals surface area (Å²) in [5.41, 5.74) is 6.55. The predicted molar refractivity (Wildman–Crippen MR) is 128 cm³/mol. The van der Waals surface area contributed by atoms with Crippen LogP contribution < -0.4 is 11.1 Å². The first-order valence-electron chi connectivity index (χ1n) is 11.6. The molecule has 2 unspecified atom stereocenters. The predicted octanol–water partition coefficient (Wildman–Crippen LogP) is 2.02. The van der Waals surface area contributed by atoms with Crippen LogP contribution in [0.3, 0.4) is 0 Å². The van der Waals surface area contributed by atoms with Crippen LogP contribution in [0.25, 0.3) is 0 Å². The zero-order valence-corrected chi connectivity index (χ0v) is 20.6. The van der Waals surface area contributed by atoms with Crippen molar-refractivity contribution in [1.29, 1.82) is 0 Å². The molecule has 188 valence electrons. The summed E-state index contributed by atoms with van der Waals surface area (Å²) >= 11 is 0. The van der Waals surface area contributed by atoms with Gasteiger partial charge in [0.1, 0.15) is 24.5 Å². The van der Waals surface area contributed by atoms with Crippen molar-refractivity contribution in [3.63, 3.8) is 0 Å². The van der Waals surface area contributed by atoms with Gasteiger partial charge in [-0.25, -0.2) is 0 Å². The Balaban J connectivity index is 1.81. The number of nitrogens with zero attached hydrogens (tertiary/aromatic N) is 1. The van der Waals surface area contributed by atoms with Gasteiger partial charge in [0.05, 0.1) is 11.8 Å². The van der Waals surface area contributed by atoms with Gasteiger partial charge in [-0.2, -0.15) is 0 Å². The number of primary amides is 1. The van der Waals surface area contributed by atoms with Gasteiger partial charge in [-0.15, -0.1) is 0 Å². The third kappa shape index (κ3) is 6.36. The lowest BCUT2D eigenvalue weighted by molar-refractivity contribution is -0.141. The van der Waals surface area contributed by atoms with E-state index in [9.17, 15) is 19.2 Å². The Morgan fingerprint density at radius 2 is 1.89 bits per heavy atom. The van der Waals surface area contributed by atoms with Crippen molar-refractivity contribution in [3.8, 4) is 0 Å². The van der Waals surface area contributed by atoms with Crippen LogP contribution in [0.5, 0.6) is 0 Å². The maximum atomic E-state index is 13.6. The van der Waals surface area contributed by atoms with Gasteiger partial charge in [0.2, 0.25) is 11.8 Å². The number of ether oxygens (including phenoxy) is 1. The molecule has 9 heteroatoms. The van der Waals surface area contributed by atoms with E-state index in [1.807, 2.05) is 44.2 Å². The minimum absolute atomic E-state index is 0.302. The van der Waals surface area contributed by atoms with Crippen molar-refractivity contribution in [2.45, 2.75) is 58.2 Å². The number of furan rings is 1. The number of ketones is 1. The summed E-state index contributed by atoms with van der Waals surface area (Å²) in [6.45, 7) is 5.42. The number of hydrogen-bond donors (Lipinski definition) is 2. The summed E-state index contributed by atoms with van der Waals surface area (Å²) in [7, 11) is 1.43. The Hall–Kier alpha value is -3.46. The van der Waals surface area contributed by atoms with Crippen LogP contribution in [-0.4, -0.2) is 60.2 Å². The smallest absolute Gasteiger partial charge is 0.255 e. The molecule has 1 aliphatic rings. The van der Waals surface area contributed by atoms with Crippen LogP contribution in [0.1, 0.15) is 48.4 Å². The maximum absolute atomic E-state index is 13.6. The quantitative estimate of drug-likeness (QED) is 0.531. The topological polar surface area (TPSA) is 132 Å². The molecule has 1 aliphatic heterocycles. The Kier molecular flexibility index (Phi) is 8.11. The van der Waals surface area contributed by atoms with Crippen LogP contribution in [0.2, 0.25) is 0 Å². The molecule has 0 radical (unpaired) electrons. The van der Waals surface area contributed by atoms with E-state index in [1.54, 1.807) is 6.92 Å². The van der Waals surface area contributed by atoms with E-state index >= 15 is 0 Å². The van der Waals surface area contributed by atoms with Gasteiger partial charge in [-0.1, -0.05) is 44.2 Å². The molecule has 1 saturated heterocycles. The van der Waals surface area contributed by atoms with E-state index in [2.05, 4.69) is 5.32 Å². The molecule has 1 aromatic heterocycles. The van der Waals surface area contributed by atoms with E-state index in [0.29, 0.717) is 17.7 Å². The molecule has 35 heavy (non-hydrogen) atoms. The minimum Gasteiger partial charge on any atom is -0.469 e. The number of carbonyl (C=O) groups excluding carboxylic acids is 4. The summed E-state index contributed by atoms with van der Waals surface area (Å²) < 4.78 is 10.4. The molecule has 0 bridgehead atoms. The van der Waals surface area contributed by atoms with E-state index in [4.69, 9.17) is 14.9 Å². The third-order valence-electron chi connectivity index (χ3n) is 6.46. The highest BCUT2D eigenvalue weighted by molar-refractivity contribution is 6.01. The first-order valence-corrected chi connectivity index (χ1v) is 11.6. The van der Waals surface area contributed by atoms with E-state index in [1.165, 1.54) is 29.8 Å². The van der Waals surface area contributed by atoms with Gasteiger partial charge in [0, 0.05) is 7.05 Å². The van der Waals surface area contributed by atoms with Crippen LogP contribution in [0.15, 0.2) is 47.1 Å². The lowest BCUT2D eigenvalue weighted by Gasteiger charge is -2.34. The molecule has 1 fully saturated rings. The van der Waals surface area contributed by atoms with Crippen molar-refractivity contribution < 1.29 is 28.3 Å². The van der Waals surface area contributed by atoms with Crippen molar-refractivity contribution in [1.82, 2.24) is 10.2 Å². The van der Waals surface area contributed by atoms with Gasteiger partial charge in [-0.05, 0) is 43.2 Å². The second-order valence-electron chi connectivity index (χ2n) is 9.76. The first-order chi connectivity index (χ1) is 16.5. The largest absolute Gasteiger partial charge is 0.469 e. The number of nitrogens with two attached hydrogens (primary N) is 1. The van der Waals surface area contributed by atoms with Gasteiger partial charge >= 0.3 is 0 Å². The normalized spacial score (nSPS) is 18.8. The molecule has 3 atom stereocenters. The lowest BCUT2D eigenvalue weighted by Crippen LogP contribution is -2.56. The molecular weight excluding hydrogens is 450 g/mol. The molecule has 0 saturated carbocycles. The zero-order valence-electron chi connectivity index (χ0n) is 20.6. The average molecular weight is 484 g/mol. The highest BCUT2D eigenvalue weighted by Crippen LogP contribution is 2.30. The lowest BCUT2D eigenvalue weighted by atomic mass is 9.80. The molecule has 9 nitrogen and oxygen atoms in total. The van der Waals surface area contributed by atoms with Crippen LogP contribution in [-0.2, 0) is 25.5 Å². The fourth-order valence-corrected chi connectivity index (χ4v) is 4.40. The molecule has 2 aromatic rings. The molecule has 0 spiro atoms. The Morgan fingerprint density at radius 1 is 1.20 bits per heavy atom. The molecule has 3 amide bonds. The van der Waals surface area contributed by atoms with Crippen LogP contribution in [0, 0.1) is 12.3 Å². The number of carbonyl (C=O) groups is 4. The zero-order chi connectivity index (χ0) is 25.8. The summed E-state index contributed by atoms with van der Waals surface area (Å²) in [4.78, 5) is 52.0. The molecular formula is C26H33N3O6. The van der Waals surface area contributed by atoms with Gasteiger partial charge < -0.3 is 25.1 Å². The monoisotopic (exact) mass is 483 g/mol.